The van der Waals surface area contributed by atoms with Gasteiger partial charge in [0.2, 0.25) is 0 Å². The van der Waals surface area contributed by atoms with Crippen molar-refractivity contribution >= 4 is 12.4 Å². The maximum atomic E-state index is 9.13. The molecule has 0 atom stereocenters. The van der Waals surface area contributed by atoms with E-state index in [1.54, 1.807) is 0 Å². The average molecular weight is 342 g/mol. The van der Waals surface area contributed by atoms with E-state index in [1.165, 1.54) is 32.1 Å². The van der Waals surface area contributed by atoms with E-state index in [-0.39, 0.29) is 48.3 Å². The van der Waals surface area contributed by atoms with Crippen LogP contribution in [0.3, 0.4) is 0 Å². The molecule has 0 amide bonds. The largest absolute Gasteiger partial charge is 3.00 e. The Bertz CT molecular complexity index is 129. The summed E-state index contributed by atoms with van der Waals surface area (Å²) in [5.74, 6) is -1.22. The second kappa shape index (κ2) is 19.8. The average Bonchev–Trinajstić information content (AvgIpc) is 2.22. The summed E-state index contributed by atoms with van der Waals surface area (Å²) in [4.78, 5) is 17.4. The van der Waals surface area contributed by atoms with Crippen LogP contribution in [0.4, 0.5) is 0 Å². The van der Waals surface area contributed by atoms with E-state index in [9.17, 15) is 0 Å². The number of hydrogen-bond donors (Lipinski definition) is 1. The number of carbonyl (C=O) groups is 2. The molecule has 0 heterocycles. The van der Waals surface area contributed by atoms with Crippen LogP contribution in [0, 0.1) is 48.2 Å². The van der Waals surface area contributed by atoms with Crippen LogP contribution in [0.1, 0.15) is 32.1 Å². The molecule has 6 heteroatoms. The smallest absolute Gasteiger partial charge is 0.554 e. The maximum absolute atomic E-state index is 9.13. The first-order chi connectivity index (χ1) is 6.68. The number of carboxylic acid groups (broad SMARTS) is 2. The van der Waals surface area contributed by atoms with E-state index in [4.69, 9.17) is 19.8 Å². The van der Waals surface area contributed by atoms with Crippen LogP contribution in [0.5, 0.6) is 0 Å². The Morgan fingerprint density at radius 2 is 1.67 bits per heavy atom. The molecule has 0 aliphatic heterocycles. The molecule has 0 bridgehead atoms. The minimum absolute atomic E-state index is 0. The first-order valence-corrected chi connectivity index (χ1v) is 4.46. The fraction of sp³-hybridized carbons (Fsp3) is 0.667. The molecule has 5 nitrogen and oxygen atoms in total. The zero-order valence-electron chi connectivity index (χ0n) is 8.61. The van der Waals surface area contributed by atoms with Gasteiger partial charge in [0.25, 0.3) is 0 Å². The molecule has 15 heavy (non-hydrogen) atoms. The summed E-state index contributed by atoms with van der Waals surface area (Å²) in [5.41, 5.74) is 4.51. The molecule has 1 fully saturated rings. The molecule has 2 N–H and O–H groups in total. The van der Waals surface area contributed by atoms with Crippen LogP contribution in [0.2, 0.25) is 0 Å². The summed E-state index contributed by atoms with van der Waals surface area (Å²) >= 11 is 0. The van der Waals surface area contributed by atoms with E-state index in [0.29, 0.717) is 0 Å². The third kappa shape index (κ3) is 31.4. The van der Waals surface area contributed by atoms with Crippen molar-refractivity contribution in [3.05, 3.63) is 6.42 Å². The Hall–Kier alpha value is 0.277. The normalized spacial score (nSPS) is 12.9. The summed E-state index contributed by atoms with van der Waals surface area (Å²) < 4.78 is 0. The van der Waals surface area contributed by atoms with Gasteiger partial charge in [0.05, 0.1) is 5.97 Å². The number of carbonyl (C=O) groups excluding carboxylic acids is 2. The zero-order chi connectivity index (χ0) is 11.2. The molecule has 85 valence electrons. The molecular formula is C9H16CeNO4. The SMILES string of the molecule is NCC(=O)[O-].O=C[O-].[CH-]1CCCCC1.[Ce+3]. The van der Waals surface area contributed by atoms with Gasteiger partial charge in [-0.05, 0) is 0 Å². The maximum Gasteiger partial charge on any atom is 3.00 e. The summed E-state index contributed by atoms with van der Waals surface area (Å²) in [6.45, 7) is -0.889. The van der Waals surface area contributed by atoms with Crippen molar-refractivity contribution in [2.24, 2.45) is 5.73 Å². The fourth-order valence-corrected chi connectivity index (χ4v) is 0.898. The topological polar surface area (TPSA) is 106 Å². The molecule has 1 rings (SSSR count). The molecule has 0 aromatic carbocycles. The second-order valence-corrected chi connectivity index (χ2v) is 2.60. The van der Waals surface area contributed by atoms with Crippen LogP contribution >= 0.6 is 0 Å². The van der Waals surface area contributed by atoms with Gasteiger partial charge >= 0.3 is 41.7 Å². The van der Waals surface area contributed by atoms with E-state index in [2.05, 4.69) is 12.2 Å². The van der Waals surface area contributed by atoms with Crippen LogP contribution in [0.25, 0.3) is 0 Å². The third-order valence-corrected chi connectivity index (χ3v) is 1.48. The molecule has 1 saturated carbocycles. The number of nitrogens with two attached hydrogens (primary N) is 1. The standard InChI is InChI=1S/C6H11.C2H5NO2.CH2O2.Ce/c1-2-4-6-5-3-1;3-1-2(4)5;2-1-3;/h1H,2-6H2;1,3H2,(H,4,5);1H,(H,2,3);/q-1;;;+3/p-2. The van der Waals surface area contributed by atoms with E-state index >= 15 is 0 Å². The van der Waals surface area contributed by atoms with Crippen molar-refractivity contribution in [3.63, 3.8) is 0 Å². The Balaban J connectivity index is -0.000000148. The number of rotatable bonds is 1. The molecule has 0 spiro atoms. The Morgan fingerprint density at radius 1 is 1.33 bits per heavy atom. The summed E-state index contributed by atoms with van der Waals surface area (Å²) in [5, 5.41) is 17.4. The minimum atomic E-state index is -1.22. The van der Waals surface area contributed by atoms with Crippen LogP contribution < -0.4 is 15.9 Å². The fourth-order valence-electron chi connectivity index (χ4n) is 0.898. The van der Waals surface area contributed by atoms with E-state index in [0.717, 1.165) is 0 Å². The first kappa shape index (κ1) is 20.7. The molecule has 1 aliphatic carbocycles. The predicted octanol–water partition coefficient (Wildman–Crippen LogP) is -1.78. The van der Waals surface area contributed by atoms with Gasteiger partial charge in [-0.3, -0.25) is 0 Å². The van der Waals surface area contributed by atoms with Crippen molar-refractivity contribution in [2.45, 2.75) is 32.1 Å². The molecule has 0 unspecified atom stereocenters. The van der Waals surface area contributed by atoms with Gasteiger partial charge in [0.15, 0.2) is 0 Å². The van der Waals surface area contributed by atoms with Gasteiger partial charge in [-0.15, -0.1) is 0 Å². The van der Waals surface area contributed by atoms with Gasteiger partial charge in [0.1, 0.15) is 0 Å². The van der Waals surface area contributed by atoms with Crippen LogP contribution in [-0.2, 0) is 9.59 Å². The van der Waals surface area contributed by atoms with Gasteiger partial charge in [0, 0.05) is 13.0 Å². The Morgan fingerprint density at radius 3 is 1.73 bits per heavy atom. The first-order valence-electron chi connectivity index (χ1n) is 4.46. The summed E-state index contributed by atoms with van der Waals surface area (Å²) in [6, 6.07) is 0. The monoisotopic (exact) mass is 342 g/mol. The molecule has 0 saturated heterocycles. The van der Waals surface area contributed by atoms with E-state index in [1.807, 2.05) is 0 Å². The summed E-state index contributed by atoms with van der Waals surface area (Å²) in [7, 11) is 0. The predicted molar refractivity (Wildman–Crippen MR) is 47.5 cm³/mol. The molecule has 0 aromatic heterocycles. The van der Waals surface area contributed by atoms with Crippen molar-refractivity contribution in [1.82, 2.24) is 0 Å². The Labute approximate surface area is 124 Å². The number of hydrogen-bond acceptors (Lipinski definition) is 5. The van der Waals surface area contributed by atoms with E-state index < -0.39 is 12.4 Å². The van der Waals surface area contributed by atoms with Crippen molar-refractivity contribution < 1.29 is 61.5 Å². The minimum Gasteiger partial charge on any atom is -0.554 e. The van der Waals surface area contributed by atoms with Crippen molar-refractivity contribution in [3.8, 4) is 0 Å². The van der Waals surface area contributed by atoms with Gasteiger partial charge in [-0.25, -0.2) is 0 Å². The van der Waals surface area contributed by atoms with Crippen molar-refractivity contribution in [2.75, 3.05) is 6.54 Å². The van der Waals surface area contributed by atoms with Crippen LogP contribution in [-0.4, -0.2) is 19.0 Å². The Kier molecular flexibility index (Phi) is 27.3. The van der Waals surface area contributed by atoms with Gasteiger partial charge < -0.3 is 32.0 Å². The van der Waals surface area contributed by atoms with Crippen LogP contribution in [0.15, 0.2) is 0 Å². The summed E-state index contributed by atoms with van der Waals surface area (Å²) in [6.07, 6.45) is 9.50. The number of carboxylic acids is 1. The molecule has 0 aromatic rings. The number of aliphatic carboxylic acids is 1. The molecular weight excluding hydrogens is 326 g/mol. The zero-order valence-corrected chi connectivity index (χ0v) is 11.7. The van der Waals surface area contributed by atoms with Gasteiger partial charge in [-0.2, -0.15) is 12.8 Å². The molecule has 1 aliphatic rings. The second-order valence-electron chi connectivity index (χ2n) is 2.60. The third-order valence-electron chi connectivity index (χ3n) is 1.48. The van der Waals surface area contributed by atoms with Crippen molar-refractivity contribution in [1.29, 1.82) is 0 Å². The quantitative estimate of drug-likeness (QED) is 0.448. The molecule has 1 radical (unpaired) electrons. The van der Waals surface area contributed by atoms with Gasteiger partial charge in [-0.1, -0.05) is 19.3 Å².